The average Bonchev–Trinajstić information content (AvgIpc) is 4.02. The van der Waals surface area contributed by atoms with E-state index in [1.165, 1.54) is 32.1 Å². The van der Waals surface area contributed by atoms with Crippen LogP contribution in [0, 0.1) is 24.7 Å². The third kappa shape index (κ3) is 6.00. The number of likely N-dealkylation sites (tertiary alicyclic amines) is 2. The topological polar surface area (TPSA) is 74.8 Å². The molecule has 4 atom stereocenters. The molecular formula is C42H42N2O4. The van der Waals surface area contributed by atoms with Gasteiger partial charge < -0.3 is 0 Å². The summed E-state index contributed by atoms with van der Waals surface area (Å²) >= 11 is 0. The quantitative estimate of drug-likeness (QED) is 0.204. The van der Waals surface area contributed by atoms with Crippen molar-refractivity contribution in [2.24, 2.45) is 10.8 Å². The van der Waals surface area contributed by atoms with Crippen molar-refractivity contribution in [3.05, 3.63) is 143 Å². The Hall–Kier alpha value is -4.84. The molecule has 2 spiro atoms. The second kappa shape index (κ2) is 12.6. The highest BCUT2D eigenvalue weighted by atomic mass is 16.2. The van der Waals surface area contributed by atoms with E-state index in [1.807, 2.05) is 60.7 Å². The standard InChI is InChI=1S/2C21H21NO2/c2*1-15-7-9-17(10-8-15)18-13-21(18)12-11-19(23)22(20(21)24)14-16-5-3-2-4-6-16/h2*2-10,18H,11-14H2,1H3/t2*18?,21-/m10/s1. The minimum atomic E-state index is -0.349. The van der Waals surface area contributed by atoms with E-state index in [9.17, 15) is 19.2 Å². The Morgan fingerprint density at radius 3 is 1.23 bits per heavy atom. The summed E-state index contributed by atoms with van der Waals surface area (Å²) < 4.78 is 0. The van der Waals surface area contributed by atoms with Crippen molar-refractivity contribution in [3.8, 4) is 0 Å². The van der Waals surface area contributed by atoms with Crippen LogP contribution in [-0.2, 0) is 32.3 Å². The van der Waals surface area contributed by atoms with Crippen molar-refractivity contribution in [1.82, 2.24) is 9.80 Å². The zero-order valence-corrected chi connectivity index (χ0v) is 27.7. The van der Waals surface area contributed by atoms with Gasteiger partial charge in [0.05, 0.1) is 23.9 Å². The van der Waals surface area contributed by atoms with Gasteiger partial charge in [-0.15, -0.1) is 0 Å². The Morgan fingerprint density at radius 1 is 0.521 bits per heavy atom. The molecule has 244 valence electrons. The highest BCUT2D eigenvalue weighted by Gasteiger charge is 2.64. The maximum atomic E-state index is 13.1. The number of amides is 4. The summed E-state index contributed by atoms with van der Waals surface area (Å²) in [7, 11) is 0. The number of nitrogens with zero attached hydrogens (tertiary/aromatic N) is 2. The van der Waals surface area contributed by atoms with E-state index in [0.29, 0.717) is 38.8 Å². The van der Waals surface area contributed by atoms with Crippen molar-refractivity contribution in [3.63, 3.8) is 0 Å². The fraction of sp³-hybridized carbons (Fsp3) is 0.333. The maximum Gasteiger partial charge on any atom is 0.236 e. The summed E-state index contributed by atoms with van der Waals surface area (Å²) in [6, 6.07) is 36.4. The molecule has 0 radical (unpaired) electrons. The van der Waals surface area contributed by atoms with Crippen LogP contribution in [0.3, 0.4) is 0 Å². The van der Waals surface area contributed by atoms with Gasteiger partial charge in [0.1, 0.15) is 0 Å². The lowest BCUT2D eigenvalue weighted by atomic mass is 9.88. The van der Waals surface area contributed by atoms with Crippen LogP contribution in [0.5, 0.6) is 0 Å². The number of piperidine rings is 2. The summed E-state index contributed by atoms with van der Waals surface area (Å²) in [6.45, 7) is 4.92. The molecule has 0 N–H and O–H groups in total. The van der Waals surface area contributed by atoms with Crippen LogP contribution in [0.1, 0.15) is 83.7 Å². The van der Waals surface area contributed by atoms with Crippen molar-refractivity contribution in [1.29, 1.82) is 0 Å². The van der Waals surface area contributed by atoms with Gasteiger partial charge in [0.15, 0.2) is 0 Å². The van der Waals surface area contributed by atoms with Crippen molar-refractivity contribution in [2.45, 2.75) is 77.3 Å². The first-order valence-corrected chi connectivity index (χ1v) is 17.1. The van der Waals surface area contributed by atoms with Crippen LogP contribution in [0.2, 0.25) is 0 Å². The van der Waals surface area contributed by atoms with Gasteiger partial charge in [-0.05, 0) is 73.6 Å². The maximum absolute atomic E-state index is 13.1. The van der Waals surface area contributed by atoms with Crippen LogP contribution in [0.15, 0.2) is 109 Å². The summed E-state index contributed by atoms with van der Waals surface area (Å²) in [6.07, 6.45) is 4.06. The van der Waals surface area contributed by atoms with Gasteiger partial charge in [0, 0.05) is 12.8 Å². The molecule has 4 aliphatic rings. The number of imide groups is 2. The minimum Gasteiger partial charge on any atom is -0.278 e. The van der Waals surface area contributed by atoms with Gasteiger partial charge in [0.25, 0.3) is 0 Å². The second-order valence-corrected chi connectivity index (χ2v) is 14.2. The first-order chi connectivity index (χ1) is 23.2. The van der Waals surface area contributed by atoms with Gasteiger partial charge in [-0.25, -0.2) is 0 Å². The number of aryl methyl sites for hydroxylation is 2. The Morgan fingerprint density at radius 2 is 0.875 bits per heavy atom. The highest BCUT2D eigenvalue weighted by molar-refractivity contribution is 6.03. The SMILES string of the molecule is Cc1ccc(C2C[C@@]23CCC(=O)N(Cc2ccccc2)C3=O)cc1.Cc1ccc(C2C[C@]23CCC(=O)N(Cc2ccccc2)C3=O)cc1. The zero-order valence-electron chi connectivity index (χ0n) is 27.7. The molecule has 8 rings (SSSR count). The predicted octanol–water partition coefficient (Wildman–Crippen LogP) is 7.64. The molecule has 0 aromatic heterocycles. The van der Waals surface area contributed by atoms with E-state index in [1.54, 1.807) is 0 Å². The Balaban J connectivity index is 0.000000152. The predicted molar refractivity (Wildman–Crippen MR) is 184 cm³/mol. The normalized spacial score (nSPS) is 26.0. The van der Waals surface area contributed by atoms with Crippen LogP contribution < -0.4 is 0 Å². The van der Waals surface area contributed by atoms with Gasteiger partial charge in [-0.1, -0.05) is 120 Å². The third-order valence-corrected chi connectivity index (χ3v) is 11.0. The fourth-order valence-corrected chi connectivity index (χ4v) is 7.87. The summed E-state index contributed by atoms with van der Waals surface area (Å²) in [5.41, 5.74) is 6.21. The molecular weight excluding hydrogens is 596 g/mol. The fourth-order valence-electron chi connectivity index (χ4n) is 7.87. The lowest BCUT2D eigenvalue weighted by Gasteiger charge is -2.32. The molecule has 2 saturated carbocycles. The molecule has 6 nitrogen and oxygen atoms in total. The number of carbonyl (C=O) groups is 4. The van der Waals surface area contributed by atoms with E-state index in [0.717, 1.165) is 24.0 Å². The van der Waals surface area contributed by atoms with E-state index in [2.05, 4.69) is 62.4 Å². The summed E-state index contributed by atoms with van der Waals surface area (Å²) in [5.74, 6) is 0.489. The molecule has 2 aliphatic heterocycles. The molecule has 4 aromatic carbocycles. The van der Waals surface area contributed by atoms with Crippen molar-refractivity contribution in [2.75, 3.05) is 0 Å². The Bertz CT molecular complexity index is 1700. The van der Waals surface area contributed by atoms with Gasteiger partial charge in [0.2, 0.25) is 23.6 Å². The minimum absolute atomic E-state index is 0.0215. The highest BCUT2D eigenvalue weighted by Crippen LogP contribution is 2.65. The Kier molecular flexibility index (Phi) is 8.36. The number of benzene rings is 4. The lowest BCUT2D eigenvalue weighted by molar-refractivity contribution is -0.155. The largest absolute Gasteiger partial charge is 0.278 e. The van der Waals surface area contributed by atoms with Gasteiger partial charge >= 0.3 is 0 Å². The van der Waals surface area contributed by atoms with E-state index >= 15 is 0 Å². The molecule has 2 saturated heterocycles. The lowest BCUT2D eigenvalue weighted by Crippen LogP contribution is -2.46. The van der Waals surface area contributed by atoms with Crippen molar-refractivity contribution < 1.29 is 19.2 Å². The first kappa shape index (κ1) is 31.7. The molecule has 6 heteroatoms. The molecule has 2 heterocycles. The van der Waals surface area contributed by atoms with Gasteiger partial charge in [-0.3, -0.25) is 29.0 Å². The van der Waals surface area contributed by atoms with E-state index < -0.39 is 0 Å². The first-order valence-electron chi connectivity index (χ1n) is 17.1. The van der Waals surface area contributed by atoms with Crippen molar-refractivity contribution >= 4 is 23.6 Å². The third-order valence-electron chi connectivity index (χ3n) is 11.0. The summed E-state index contributed by atoms with van der Waals surface area (Å²) in [4.78, 5) is 53.8. The average molecular weight is 639 g/mol. The monoisotopic (exact) mass is 638 g/mol. The molecule has 0 bridgehead atoms. The molecule has 48 heavy (non-hydrogen) atoms. The Labute approximate surface area is 282 Å². The zero-order chi connectivity index (χ0) is 33.5. The number of hydrogen-bond acceptors (Lipinski definition) is 4. The molecule has 2 aliphatic carbocycles. The van der Waals surface area contributed by atoms with Gasteiger partial charge in [-0.2, -0.15) is 0 Å². The van der Waals surface area contributed by atoms with Crippen LogP contribution in [0.25, 0.3) is 0 Å². The van der Waals surface area contributed by atoms with Crippen LogP contribution in [-0.4, -0.2) is 33.4 Å². The molecule has 4 aromatic rings. The van der Waals surface area contributed by atoms with E-state index in [4.69, 9.17) is 0 Å². The molecule has 4 fully saturated rings. The second-order valence-electron chi connectivity index (χ2n) is 14.2. The smallest absolute Gasteiger partial charge is 0.236 e. The number of rotatable bonds is 6. The number of hydrogen-bond donors (Lipinski definition) is 0. The molecule has 2 unspecified atom stereocenters. The van der Waals surface area contributed by atoms with Crippen LogP contribution in [0.4, 0.5) is 0 Å². The number of carbonyl (C=O) groups excluding carboxylic acids is 4. The van der Waals surface area contributed by atoms with E-state index in [-0.39, 0.29) is 46.3 Å². The molecule has 4 amide bonds. The van der Waals surface area contributed by atoms with Crippen LogP contribution >= 0.6 is 0 Å². The summed E-state index contributed by atoms with van der Waals surface area (Å²) in [5, 5.41) is 0.